The van der Waals surface area contributed by atoms with Crippen molar-refractivity contribution in [1.82, 2.24) is 15.6 Å². The molecule has 0 amide bonds. The number of fused-ring (bicyclic) bond motifs is 1. The lowest BCUT2D eigenvalue weighted by atomic mass is 10.1. The summed E-state index contributed by atoms with van der Waals surface area (Å²) in [6, 6.07) is 5.14. The number of hydrogen-bond donors (Lipinski definition) is 3. The summed E-state index contributed by atoms with van der Waals surface area (Å²) in [4.78, 5) is 7.71. The summed E-state index contributed by atoms with van der Waals surface area (Å²) in [5.41, 5.74) is 2.05. The van der Waals surface area contributed by atoms with Crippen molar-refractivity contribution in [3.05, 3.63) is 35.8 Å². The van der Waals surface area contributed by atoms with Crippen molar-refractivity contribution in [3.8, 4) is 0 Å². The number of benzene rings is 1. The average molecular weight is 418 g/mol. The second kappa shape index (κ2) is 8.97. The minimum atomic E-state index is -0.207. The molecule has 1 aromatic carbocycles. The van der Waals surface area contributed by atoms with Gasteiger partial charge in [-0.1, -0.05) is 0 Å². The largest absolute Gasteiger partial charge is 0.361 e. The second-order valence-corrected chi connectivity index (χ2v) is 5.31. The summed E-state index contributed by atoms with van der Waals surface area (Å²) in [6.45, 7) is 7.69. The molecule has 0 aliphatic carbocycles. The van der Waals surface area contributed by atoms with Crippen LogP contribution in [0.1, 0.15) is 26.3 Å². The van der Waals surface area contributed by atoms with Crippen molar-refractivity contribution in [2.24, 2.45) is 4.99 Å². The molecule has 3 N–H and O–H groups in total. The first-order chi connectivity index (χ1) is 10.1. The van der Waals surface area contributed by atoms with Crippen LogP contribution in [0.3, 0.4) is 0 Å². The van der Waals surface area contributed by atoms with Gasteiger partial charge in [-0.2, -0.15) is 0 Å². The molecule has 1 heterocycles. The number of H-pyrrole nitrogens is 1. The van der Waals surface area contributed by atoms with Crippen molar-refractivity contribution < 1.29 is 4.39 Å². The highest BCUT2D eigenvalue weighted by atomic mass is 127. The minimum Gasteiger partial charge on any atom is -0.361 e. The lowest BCUT2D eigenvalue weighted by molar-refractivity contribution is 0.629. The number of aromatic amines is 1. The zero-order valence-electron chi connectivity index (χ0n) is 13.2. The Bertz CT molecular complexity index is 622. The normalized spacial score (nSPS) is 11.6. The predicted molar refractivity (Wildman–Crippen MR) is 102 cm³/mol. The topological polar surface area (TPSA) is 52.2 Å². The molecule has 0 aliphatic heterocycles. The highest BCUT2D eigenvalue weighted by Gasteiger charge is 2.05. The Morgan fingerprint density at radius 1 is 1.36 bits per heavy atom. The smallest absolute Gasteiger partial charge is 0.191 e. The van der Waals surface area contributed by atoms with E-state index in [1.807, 2.05) is 13.1 Å². The molecule has 0 unspecified atom stereocenters. The number of nitrogens with zero attached hydrogens (tertiary/aromatic N) is 1. The van der Waals surface area contributed by atoms with Gasteiger partial charge >= 0.3 is 0 Å². The Balaban J connectivity index is 0.00000242. The summed E-state index contributed by atoms with van der Waals surface area (Å²) in [5.74, 6) is 0.611. The fourth-order valence-corrected chi connectivity index (χ4v) is 2.24. The van der Waals surface area contributed by atoms with Crippen molar-refractivity contribution in [1.29, 1.82) is 0 Å². The molecule has 0 saturated carbocycles. The van der Waals surface area contributed by atoms with Crippen LogP contribution >= 0.6 is 24.0 Å². The van der Waals surface area contributed by atoms with Crippen LogP contribution in [0, 0.1) is 5.82 Å². The Hall–Kier alpha value is -1.31. The monoisotopic (exact) mass is 418 g/mol. The quantitative estimate of drug-likeness (QED) is 0.396. The van der Waals surface area contributed by atoms with Crippen molar-refractivity contribution in [2.45, 2.75) is 33.2 Å². The molecule has 2 rings (SSSR count). The first-order valence-corrected chi connectivity index (χ1v) is 7.40. The molecule has 0 radical (unpaired) electrons. The molecule has 2 aromatic rings. The van der Waals surface area contributed by atoms with E-state index in [2.05, 4.69) is 34.5 Å². The maximum Gasteiger partial charge on any atom is 0.191 e. The van der Waals surface area contributed by atoms with Gasteiger partial charge < -0.3 is 15.6 Å². The Kier molecular flexibility index (Phi) is 7.64. The van der Waals surface area contributed by atoms with Gasteiger partial charge in [0.2, 0.25) is 0 Å². The van der Waals surface area contributed by atoms with Gasteiger partial charge in [0.15, 0.2) is 5.96 Å². The van der Waals surface area contributed by atoms with Gasteiger partial charge in [-0.25, -0.2) is 4.39 Å². The van der Waals surface area contributed by atoms with Crippen molar-refractivity contribution in [2.75, 3.05) is 13.1 Å². The molecule has 0 bridgehead atoms. The van der Waals surface area contributed by atoms with Gasteiger partial charge in [0.05, 0.1) is 0 Å². The zero-order valence-corrected chi connectivity index (χ0v) is 15.6. The molecule has 22 heavy (non-hydrogen) atoms. The third-order valence-electron chi connectivity index (χ3n) is 3.15. The average Bonchev–Trinajstić information content (AvgIpc) is 2.81. The van der Waals surface area contributed by atoms with Crippen LogP contribution in [0.15, 0.2) is 29.4 Å². The molecule has 0 aliphatic rings. The molecule has 0 spiro atoms. The number of hydrogen-bond acceptors (Lipinski definition) is 1. The van der Waals surface area contributed by atoms with E-state index in [9.17, 15) is 4.39 Å². The number of rotatable bonds is 5. The minimum absolute atomic E-state index is 0. The summed E-state index contributed by atoms with van der Waals surface area (Å²) >= 11 is 0. The molecule has 0 atom stereocenters. The number of guanidine groups is 1. The number of nitrogens with one attached hydrogen (secondary N) is 3. The highest BCUT2D eigenvalue weighted by molar-refractivity contribution is 14.0. The molecular weight excluding hydrogens is 394 g/mol. The maximum atomic E-state index is 13.3. The van der Waals surface area contributed by atoms with Crippen LogP contribution in [0.4, 0.5) is 4.39 Å². The van der Waals surface area contributed by atoms with E-state index in [1.54, 1.807) is 12.1 Å². The third-order valence-corrected chi connectivity index (χ3v) is 3.15. The Morgan fingerprint density at radius 2 is 2.14 bits per heavy atom. The fraction of sp³-hybridized carbons (Fsp3) is 0.438. The van der Waals surface area contributed by atoms with E-state index in [-0.39, 0.29) is 29.8 Å². The van der Waals surface area contributed by atoms with Crippen molar-refractivity contribution in [3.63, 3.8) is 0 Å². The summed E-state index contributed by atoms with van der Waals surface area (Å²) in [6.07, 6.45) is 2.71. The summed E-state index contributed by atoms with van der Waals surface area (Å²) < 4.78 is 13.3. The molecule has 4 nitrogen and oxygen atoms in total. The first-order valence-electron chi connectivity index (χ1n) is 7.40. The number of halogens is 2. The van der Waals surface area contributed by atoms with E-state index in [1.165, 1.54) is 6.07 Å². The van der Waals surface area contributed by atoms with Crippen LogP contribution in [0.2, 0.25) is 0 Å². The van der Waals surface area contributed by atoms with Gasteiger partial charge in [0.1, 0.15) is 5.82 Å². The lowest BCUT2D eigenvalue weighted by Gasteiger charge is -2.13. The second-order valence-electron chi connectivity index (χ2n) is 5.31. The maximum absolute atomic E-state index is 13.3. The highest BCUT2D eigenvalue weighted by Crippen LogP contribution is 2.19. The zero-order chi connectivity index (χ0) is 15.2. The molecule has 0 fully saturated rings. The molecule has 1 aromatic heterocycles. The van der Waals surface area contributed by atoms with E-state index in [4.69, 9.17) is 0 Å². The van der Waals surface area contributed by atoms with E-state index in [0.717, 1.165) is 35.4 Å². The van der Waals surface area contributed by atoms with Crippen molar-refractivity contribution >= 4 is 40.8 Å². The third kappa shape index (κ3) is 5.15. The van der Waals surface area contributed by atoms with Crippen LogP contribution in [-0.4, -0.2) is 30.1 Å². The standard InChI is InChI=1S/C16H23FN4.HI/c1-4-18-16(21-11(2)3)19-8-7-12-10-20-15-6-5-13(17)9-14(12)15;/h5-6,9-11,20H,4,7-8H2,1-3H3,(H2,18,19,21);1H. The fourth-order valence-electron chi connectivity index (χ4n) is 2.24. The van der Waals surface area contributed by atoms with Crippen LogP contribution < -0.4 is 10.6 Å². The first kappa shape index (κ1) is 18.7. The summed E-state index contributed by atoms with van der Waals surface area (Å²) in [7, 11) is 0. The molecular formula is C16H24FIN4. The summed E-state index contributed by atoms with van der Waals surface area (Å²) in [5, 5.41) is 7.43. The van der Waals surface area contributed by atoms with E-state index in [0.29, 0.717) is 12.6 Å². The number of aromatic nitrogens is 1. The molecule has 6 heteroatoms. The van der Waals surface area contributed by atoms with Gasteiger partial charge in [-0.05, 0) is 51.0 Å². The van der Waals surface area contributed by atoms with Gasteiger partial charge in [-0.15, -0.1) is 24.0 Å². The Labute approximate surface area is 148 Å². The van der Waals surface area contributed by atoms with E-state index < -0.39 is 0 Å². The van der Waals surface area contributed by atoms with Crippen LogP contribution in [0.5, 0.6) is 0 Å². The SMILES string of the molecule is CCNC(=NCCc1c[nH]c2ccc(F)cc12)NC(C)C.I. The lowest BCUT2D eigenvalue weighted by Crippen LogP contribution is -2.41. The van der Waals surface area contributed by atoms with Crippen LogP contribution in [0.25, 0.3) is 10.9 Å². The number of aliphatic imine (C=N–C) groups is 1. The van der Waals surface area contributed by atoms with Crippen LogP contribution in [-0.2, 0) is 6.42 Å². The molecule has 0 saturated heterocycles. The van der Waals surface area contributed by atoms with E-state index >= 15 is 0 Å². The van der Waals surface area contributed by atoms with Gasteiger partial charge in [-0.3, -0.25) is 4.99 Å². The van der Waals surface area contributed by atoms with Gasteiger partial charge in [0.25, 0.3) is 0 Å². The van der Waals surface area contributed by atoms with Gasteiger partial charge in [0, 0.05) is 36.2 Å². The molecule has 122 valence electrons. The predicted octanol–water partition coefficient (Wildman–Crippen LogP) is 3.43. The Morgan fingerprint density at radius 3 is 2.82 bits per heavy atom.